The van der Waals surface area contributed by atoms with Crippen LogP contribution in [-0.2, 0) is 20.3 Å². The van der Waals surface area contributed by atoms with Gasteiger partial charge in [-0.1, -0.05) is 0 Å². The van der Waals surface area contributed by atoms with Crippen molar-refractivity contribution in [3.63, 3.8) is 0 Å². The molecule has 0 bridgehead atoms. The summed E-state index contributed by atoms with van der Waals surface area (Å²) in [5.74, 6) is -0.354. The first-order chi connectivity index (χ1) is 8.90. The lowest BCUT2D eigenvalue weighted by molar-refractivity contribution is 0.0913. The Morgan fingerprint density at radius 1 is 1.47 bits per heavy atom. The standard InChI is InChI=1S/C11H17ClN2O4S/c1-3-14-8-9(19(12,16)17)7-10(14)11(15)13-5-6-18-4-2/h7-8H,3-6H2,1-2H3,(H,13,15). The van der Waals surface area contributed by atoms with E-state index in [1.807, 2.05) is 13.8 Å². The molecule has 0 saturated carbocycles. The lowest BCUT2D eigenvalue weighted by atomic mass is 10.4. The Labute approximate surface area is 117 Å². The van der Waals surface area contributed by atoms with E-state index in [2.05, 4.69) is 5.32 Å². The Bertz CT molecular complexity index is 539. The van der Waals surface area contributed by atoms with E-state index in [0.29, 0.717) is 26.3 Å². The number of nitrogens with zero attached hydrogens (tertiary/aromatic N) is 1. The summed E-state index contributed by atoms with van der Waals surface area (Å²) in [7, 11) is 1.43. The Kier molecular flexibility index (Phi) is 5.84. The summed E-state index contributed by atoms with van der Waals surface area (Å²) >= 11 is 0. The summed E-state index contributed by atoms with van der Waals surface area (Å²) in [6.07, 6.45) is 1.35. The van der Waals surface area contributed by atoms with Crippen molar-refractivity contribution in [3.05, 3.63) is 18.0 Å². The first-order valence-corrected chi connectivity index (χ1v) is 8.21. The highest BCUT2D eigenvalue weighted by atomic mass is 35.7. The number of aryl methyl sites for hydroxylation is 1. The van der Waals surface area contributed by atoms with Gasteiger partial charge in [-0.05, 0) is 19.9 Å². The van der Waals surface area contributed by atoms with Gasteiger partial charge in [-0.15, -0.1) is 0 Å². The molecular formula is C11H17ClN2O4S. The van der Waals surface area contributed by atoms with Crippen LogP contribution in [0.2, 0.25) is 0 Å². The maximum Gasteiger partial charge on any atom is 0.268 e. The van der Waals surface area contributed by atoms with Gasteiger partial charge in [0.2, 0.25) is 0 Å². The van der Waals surface area contributed by atoms with Gasteiger partial charge in [0.1, 0.15) is 10.6 Å². The number of amides is 1. The second-order valence-electron chi connectivity index (χ2n) is 3.74. The smallest absolute Gasteiger partial charge is 0.268 e. The van der Waals surface area contributed by atoms with Crippen LogP contribution in [0, 0.1) is 0 Å². The third-order valence-electron chi connectivity index (χ3n) is 2.46. The van der Waals surface area contributed by atoms with E-state index < -0.39 is 9.05 Å². The molecule has 0 atom stereocenters. The van der Waals surface area contributed by atoms with E-state index in [4.69, 9.17) is 15.4 Å². The first kappa shape index (κ1) is 16.0. The van der Waals surface area contributed by atoms with E-state index >= 15 is 0 Å². The molecule has 8 heteroatoms. The van der Waals surface area contributed by atoms with Gasteiger partial charge >= 0.3 is 0 Å². The van der Waals surface area contributed by atoms with Crippen molar-refractivity contribution in [2.45, 2.75) is 25.3 Å². The molecule has 1 rings (SSSR count). The SMILES string of the molecule is CCOCCNC(=O)c1cc(S(=O)(=O)Cl)cn1CC. The van der Waals surface area contributed by atoms with Gasteiger partial charge < -0.3 is 14.6 Å². The zero-order chi connectivity index (χ0) is 14.5. The average Bonchev–Trinajstić information content (AvgIpc) is 2.78. The first-order valence-electron chi connectivity index (χ1n) is 5.91. The molecule has 0 fully saturated rings. The van der Waals surface area contributed by atoms with Crippen molar-refractivity contribution < 1.29 is 17.9 Å². The molecule has 0 aliphatic rings. The Balaban J connectivity index is 2.81. The molecule has 1 amide bonds. The molecule has 0 spiro atoms. The Morgan fingerprint density at radius 3 is 2.68 bits per heavy atom. The fraction of sp³-hybridized carbons (Fsp3) is 0.545. The number of aromatic nitrogens is 1. The highest BCUT2D eigenvalue weighted by Gasteiger charge is 2.19. The van der Waals surface area contributed by atoms with Gasteiger partial charge in [0.15, 0.2) is 0 Å². The van der Waals surface area contributed by atoms with Crippen LogP contribution >= 0.6 is 10.7 Å². The lowest BCUT2D eigenvalue weighted by Crippen LogP contribution is -2.29. The van der Waals surface area contributed by atoms with Crippen LogP contribution in [-0.4, -0.2) is 38.7 Å². The molecule has 1 N–H and O–H groups in total. The molecule has 0 radical (unpaired) electrons. The minimum absolute atomic E-state index is 0.0778. The quantitative estimate of drug-likeness (QED) is 0.606. The van der Waals surface area contributed by atoms with Crippen LogP contribution in [0.1, 0.15) is 24.3 Å². The average molecular weight is 309 g/mol. The maximum atomic E-state index is 11.9. The number of halogens is 1. The minimum Gasteiger partial charge on any atom is -0.380 e. The molecule has 0 aromatic carbocycles. The fourth-order valence-corrected chi connectivity index (χ4v) is 2.30. The van der Waals surface area contributed by atoms with Crippen molar-refractivity contribution in [1.82, 2.24) is 9.88 Å². The number of hydrogen-bond donors (Lipinski definition) is 1. The number of nitrogens with one attached hydrogen (secondary N) is 1. The highest BCUT2D eigenvalue weighted by Crippen LogP contribution is 2.18. The van der Waals surface area contributed by atoms with Crippen LogP contribution < -0.4 is 5.32 Å². The molecule has 1 heterocycles. The van der Waals surface area contributed by atoms with Crippen molar-refractivity contribution >= 4 is 25.6 Å². The van der Waals surface area contributed by atoms with Gasteiger partial charge in [-0.3, -0.25) is 4.79 Å². The lowest BCUT2D eigenvalue weighted by Gasteiger charge is -2.07. The van der Waals surface area contributed by atoms with Crippen molar-refractivity contribution in [1.29, 1.82) is 0 Å². The summed E-state index contributed by atoms with van der Waals surface area (Å²) in [5, 5.41) is 2.65. The fourth-order valence-electron chi connectivity index (χ4n) is 1.54. The van der Waals surface area contributed by atoms with Gasteiger partial charge in [0.25, 0.3) is 15.0 Å². The second-order valence-corrected chi connectivity index (χ2v) is 6.30. The Hall–Kier alpha value is -1.05. The molecule has 6 nitrogen and oxygen atoms in total. The topological polar surface area (TPSA) is 77.4 Å². The molecule has 1 aromatic rings. The molecule has 0 aliphatic heterocycles. The van der Waals surface area contributed by atoms with E-state index in [9.17, 15) is 13.2 Å². The van der Waals surface area contributed by atoms with Crippen LogP contribution in [0.3, 0.4) is 0 Å². The van der Waals surface area contributed by atoms with Crippen LogP contribution in [0.15, 0.2) is 17.2 Å². The van der Waals surface area contributed by atoms with Gasteiger partial charge in [-0.25, -0.2) is 8.42 Å². The Morgan fingerprint density at radius 2 is 2.16 bits per heavy atom. The van der Waals surface area contributed by atoms with Crippen LogP contribution in [0.4, 0.5) is 0 Å². The number of carbonyl (C=O) groups is 1. The predicted molar refractivity (Wildman–Crippen MR) is 72.0 cm³/mol. The number of ether oxygens (including phenoxy) is 1. The van der Waals surface area contributed by atoms with Crippen molar-refractivity contribution in [2.24, 2.45) is 0 Å². The summed E-state index contributed by atoms with van der Waals surface area (Å²) in [6.45, 7) is 5.50. The molecule has 19 heavy (non-hydrogen) atoms. The van der Waals surface area contributed by atoms with E-state index in [1.54, 1.807) is 0 Å². The van der Waals surface area contributed by atoms with Crippen molar-refractivity contribution in [2.75, 3.05) is 19.8 Å². The molecule has 108 valence electrons. The minimum atomic E-state index is -3.83. The molecule has 0 unspecified atom stereocenters. The largest absolute Gasteiger partial charge is 0.380 e. The number of rotatable bonds is 7. The van der Waals surface area contributed by atoms with E-state index in [-0.39, 0.29) is 16.5 Å². The van der Waals surface area contributed by atoms with E-state index in [1.165, 1.54) is 16.8 Å². The second kappa shape index (κ2) is 6.93. The zero-order valence-corrected chi connectivity index (χ0v) is 12.4. The third-order valence-corrected chi connectivity index (χ3v) is 3.78. The maximum absolute atomic E-state index is 11.9. The summed E-state index contributed by atoms with van der Waals surface area (Å²) < 4.78 is 29.1. The van der Waals surface area contributed by atoms with Gasteiger partial charge in [-0.2, -0.15) is 0 Å². The van der Waals surface area contributed by atoms with Crippen molar-refractivity contribution in [3.8, 4) is 0 Å². The summed E-state index contributed by atoms with van der Waals surface area (Å²) in [5.41, 5.74) is 0.262. The van der Waals surface area contributed by atoms with Gasteiger partial charge in [0, 0.05) is 36.6 Å². The summed E-state index contributed by atoms with van der Waals surface area (Å²) in [6, 6.07) is 1.27. The number of hydrogen-bond acceptors (Lipinski definition) is 4. The molecule has 0 saturated heterocycles. The van der Waals surface area contributed by atoms with E-state index in [0.717, 1.165) is 0 Å². The van der Waals surface area contributed by atoms with Crippen LogP contribution in [0.25, 0.3) is 0 Å². The zero-order valence-electron chi connectivity index (χ0n) is 10.8. The monoisotopic (exact) mass is 308 g/mol. The van der Waals surface area contributed by atoms with Crippen LogP contribution in [0.5, 0.6) is 0 Å². The molecule has 0 aliphatic carbocycles. The third kappa shape index (κ3) is 4.52. The highest BCUT2D eigenvalue weighted by molar-refractivity contribution is 8.13. The predicted octanol–water partition coefficient (Wildman–Crippen LogP) is 1.20. The summed E-state index contributed by atoms with van der Waals surface area (Å²) in [4.78, 5) is 11.8. The molecule has 1 aromatic heterocycles. The number of carbonyl (C=O) groups excluding carboxylic acids is 1. The van der Waals surface area contributed by atoms with Gasteiger partial charge in [0.05, 0.1) is 6.61 Å². The normalized spacial score (nSPS) is 11.5. The molecular weight excluding hydrogens is 292 g/mol.